The molecule has 9 nitrogen and oxygen atoms in total. The van der Waals surface area contributed by atoms with E-state index in [1.807, 2.05) is 0 Å². The van der Waals surface area contributed by atoms with Crippen LogP contribution in [0.5, 0.6) is 0 Å². The van der Waals surface area contributed by atoms with E-state index in [1.54, 1.807) is 6.92 Å². The van der Waals surface area contributed by atoms with Gasteiger partial charge in [0.15, 0.2) is 11.6 Å². The maximum Gasteiger partial charge on any atom is 0.328 e. The second-order valence-electron chi connectivity index (χ2n) is 3.84. The van der Waals surface area contributed by atoms with E-state index in [0.29, 0.717) is 11.0 Å². The van der Waals surface area contributed by atoms with E-state index < -0.39 is 22.1 Å². The Morgan fingerprint density at radius 1 is 0.880 bits per heavy atom. The molecule has 0 aliphatic heterocycles. The normalized spacial score (nSPS) is 8.80. The summed E-state index contributed by atoms with van der Waals surface area (Å²) in [7, 11) is -3.90. The molecule has 0 fully saturated rings. The Morgan fingerprint density at radius 3 is 1.20 bits per heavy atom. The van der Waals surface area contributed by atoms with Gasteiger partial charge >= 0.3 is 11.9 Å². The molecule has 0 aliphatic carbocycles. The van der Waals surface area contributed by atoms with Crippen molar-refractivity contribution >= 4 is 33.6 Å². The van der Waals surface area contributed by atoms with Crippen LogP contribution in [-0.4, -0.2) is 46.7 Å². The fraction of sp³-hybridized carbons (Fsp3) is 0.200. The largest absolute Gasteiger partial charge is 0.478 e. The number of ketones is 2. The number of rotatable bonds is 5. The van der Waals surface area contributed by atoms with E-state index in [0.717, 1.165) is 18.2 Å². The van der Waals surface area contributed by atoms with Crippen LogP contribution in [0.3, 0.4) is 0 Å². The van der Waals surface area contributed by atoms with Gasteiger partial charge in [-0.05, 0) is 32.4 Å². The molecule has 0 aromatic carbocycles. The zero-order valence-corrected chi connectivity index (χ0v) is 14.9. The topological polar surface area (TPSA) is 163 Å². The average Bonchev–Trinajstić information content (AvgIpc) is 2.46. The summed E-state index contributed by atoms with van der Waals surface area (Å²) >= 11 is 0. The van der Waals surface area contributed by atoms with E-state index in [2.05, 4.69) is 19.7 Å². The van der Waals surface area contributed by atoms with Crippen LogP contribution < -0.4 is 0 Å². The zero-order chi connectivity index (χ0) is 21.2. The van der Waals surface area contributed by atoms with Crippen LogP contribution in [0, 0.1) is 0 Å². The van der Waals surface area contributed by atoms with E-state index in [-0.39, 0.29) is 11.6 Å². The highest BCUT2D eigenvalue weighted by Gasteiger charge is 1.88. The third kappa shape index (κ3) is 62.4. The number of allylic oxidation sites excluding steroid dienone is 2. The first-order valence-electron chi connectivity index (χ1n) is 6.13. The van der Waals surface area contributed by atoms with Gasteiger partial charge in [-0.1, -0.05) is 19.7 Å². The summed E-state index contributed by atoms with van der Waals surface area (Å²) in [5, 5.41) is 16.0. The smallest absolute Gasteiger partial charge is 0.328 e. The van der Waals surface area contributed by atoms with Crippen molar-refractivity contribution in [3.8, 4) is 0 Å². The van der Waals surface area contributed by atoms with Crippen LogP contribution in [0.1, 0.15) is 20.8 Å². The molecule has 0 atom stereocenters. The molecule has 0 spiro atoms. The Labute approximate surface area is 146 Å². The summed E-state index contributed by atoms with van der Waals surface area (Å²) in [4.78, 5) is 39.0. The van der Waals surface area contributed by atoms with Crippen molar-refractivity contribution in [3.63, 3.8) is 0 Å². The Morgan fingerprint density at radius 2 is 1.16 bits per heavy atom. The van der Waals surface area contributed by atoms with Crippen molar-refractivity contribution < 1.29 is 42.4 Å². The van der Waals surface area contributed by atoms with Crippen LogP contribution in [-0.2, 0) is 29.3 Å². The molecule has 10 heteroatoms. The number of carboxylic acid groups (broad SMARTS) is 2. The third-order valence-electron chi connectivity index (χ3n) is 1.45. The van der Waals surface area contributed by atoms with Crippen molar-refractivity contribution in [1.82, 2.24) is 0 Å². The number of aliphatic carboxylic acids is 2. The molecule has 0 amide bonds. The van der Waals surface area contributed by atoms with Crippen molar-refractivity contribution in [2.24, 2.45) is 0 Å². The van der Waals surface area contributed by atoms with Crippen molar-refractivity contribution in [3.05, 3.63) is 48.9 Å². The first-order chi connectivity index (χ1) is 11.1. The Balaban J connectivity index is -0.000000119. The van der Waals surface area contributed by atoms with Crippen LogP contribution in [0.4, 0.5) is 0 Å². The fourth-order valence-electron chi connectivity index (χ4n) is 0.189. The highest BCUT2D eigenvalue weighted by molar-refractivity contribution is 7.88. The van der Waals surface area contributed by atoms with Gasteiger partial charge in [0, 0.05) is 12.2 Å². The minimum atomic E-state index is -3.90. The summed E-state index contributed by atoms with van der Waals surface area (Å²) < 4.78 is 26.6. The predicted octanol–water partition coefficient (Wildman–Crippen LogP) is 1.64. The van der Waals surface area contributed by atoms with Gasteiger partial charge in [0.25, 0.3) is 10.1 Å². The van der Waals surface area contributed by atoms with Gasteiger partial charge < -0.3 is 10.2 Å². The Bertz CT molecular complexity index is 586. The van der Waals surface area contributed by atoms with E-state index in [1.165, 1.54) is 13.8 Å². The number of hydrogen-bond donors (Lipinski definition) is 3. The number of hydrogen-bond acceptors (Lipinski definition) is 6. The molecule has 3 N–H and O–H groups in total. The fourth-order valence-corrected chi connectivity index (χ4v) is 0.189. The van der Waals surface area contributed by atoms with E-state index in [9.17, 15) is 27.6 Å². The first-order valence-corrected chi connectivity index (χ1v) is 7.64. The molecule has 0 saturated heterocycles. The molecule has 25 heavy (non-hydrogen) atoms. The van der Waals surface area contributed by atoms with E-state index in [4.69, 9.17) is 14.8 Å². The molecule has 0 aromatic rings. The minimum absolute atomic E-state index is 0.0648. The SMILES string of the molecule is C=C(C)C(C)=O.C=CC(=O)O.C=CS(=O)(=O)O.CC(=O)/C=C\C(=O)O. The van der Waals surface area contributed by atoms with Gasteiger partial charge in [-0.15, -0.1) is 0 Å². The minimum Gasteiger partial charge on any atom is -0.478 e. The molecule has 0 rings (SSSR count). The van der Waals surface area contributed by atoms with Crippen LogP contribution >= 0.6 is 0 Å². The lowest BCUT2D eigenvalue weighted by atomic mass is 10.3. The predicted molar refractivity (Wildman–Crippen MR) is 92.5 cm³/mol. The van der Waals surface area contributed by atoms with Crippen LogP contribution in [0.15, 0.2) is 48.9 Å². The molecular formula is C15H22O9S. The number of carbonyl (C=O) groups excluding carboxylic acids is 2. The molecule has 0 aliphatic rings. The summed E-state index contributed by atoms with van der Waals surface area (Å²) in [6.45, 7) is 13.6. The lowest BCUT2D eigenvalue weighted by Crippen LogP contribution is -1.89. The first kappa shape index (κ1) is 30.1. The Hall–Kier alpha value is -2.85. The zero-order valence-electron chi connectivity index (χ0n) is 14.1. The summed E-state index contributed by atoms with van der Waals surface area (Å²) in [6.07, 6.45) is 2.64. The number of carboxylic acids is 2. The van der Waals surface area contributed by atoms with Gasteiger partial charge in [0.1, 0.15) is 0 Å². The molecular weight excluding hydrogens is 356 g/mol. The summed E-state index contributed by atoms with van der Waals surface area (Å²) in [5.74, 6) is -2.27. The summed E-state index contributed by atoms with van der Waals surface area (Å²) in [5.41, 5.74) is 0.620. The molecule has 0 aromatic heterocycles. The quantitative estimate of drug-likeness (QED) is 0.476. The molecule has 142 valence electrons. The second-order valence-corrected chi connectivity index (χ2v) is 5.21. The molecule has 0 bridgehead atoms. The molecule has 0 saturated carbocycles. The van der Waals surface area contributed by atoms with E-state index >= 15 is 0 Å². The highest BCUT2D eigenvalue weighted by Crippen LogP contribution is 1.84. The van der Waals surface area contributed by atoms with Gasteiger partial charge in [0.05, 0.1) is 5.41 Å². The van der Waals surface area contributed by atoms with Crippen molar-refractivity contribution in [1.29, 1.82) is 0 Å². The van der Waals surface area contributed by atoms with Crippen LogP contribution in [0.2, 0.25) is 0 Å². The van der Waals surface area contributed by atoms with Gasteiger partial charge in [-0.3, -0.25) is 14.1 Å². The standard InChI is InChI=1S/C5H6O3.C5H8O.C3H4O2.C2H4O3S/c1-4(6)2-3-5(7)8;1-4(2)5(3)6;1-2-3(4)5;1-2-6(3,4)5/h2-3H,1H3,(H,7,8);1H2,2-3H3;2H,1H2,(H,4,5);2H,1H2,(H,3,4,5)/b3-2-;;;. The Kier molecular flexibility index (Phi) is 21.1. The molecule has 0 heterocycles. The summed E-state index contributed by atoms with van der Waals surface area (Å²) in [6, 6.07) is 0. The number of Topliss-reactive ketones (excluding diaryl/α,β-unsaturated/α-hetero) is 1. The monoisotopic (exact) mass is 378 g/mol. The maximum atomic E-state index is 10.0. The molecule has 0 unspecified atom stereocenters. The third-order valence-corrected chi connectivity index (χ3v) is 1.87. The highest BCUT2D eigenvalue weighted by atomic mass is 32.2. The maximum absolute atomic E-state index is 10.0. The van der Waals surface area contributed by atoms with Gasteiger partial charge in [-0.25, -0.2) is 9.59 Å². The lowest BCUT2D eigenvalue weighted by molar-refractivity contribution is -0.132. The van der Waals surface area contributed by atoms with Crippen molar-refractivity contribution in [2.45, 2.75) is 20.8 Å². The van der Waals surface area contributed by atoms with Crippen LogP contribution in [0.25, 0.3) is 0 Å². The average molecular weight is 378 g/mol. The van der Waals surface area contributed by atoms with Crippen molar-refractivity contribution in [2.75, 3.05) is 0 Å². The van der Waals surface area contributed by atoms with Gasteiger partial charge in [0.2, 0.25) is 0 Å². The second kappa shape index (κ2) is 17.5. The molecule has 0 radical (unpaired) electrons. The number of carbonyl (C=O) groups is 4. The lowest BCUT2D eigenvalue weighted by Gasteiger charge is -1.80. The van der Waals surface area contributed by atoms with Gasteiger partial charge in [-0.2, -0.15) is 8.42 Å².